The fraction of sp³-hybridized carbons (Fsp3) is 0.0238. The molecule has 1 aliphatic rings. The van der Waals surface area contributed by atoms with Crippen molar-refractivity contribution in [2.75, 3.05) is 0 Å². The lowest BCUT2D eigenvalue weighted by molar-refractivity contribution is 1.15. The van der Waals surface area contributed by atoms with Crippen molar-refractivity contribution >= 4 is 63.1 Å². The zero-order chi connectivity index (χ0) is 31.7. The van der Waals surface area contributed by atoms with E-state index >= 15 is 0 Å². The summed E-state index contributed by atoms with van der Waals surface area (Å²) in [6, 6.07) is 49.8. The number of benzene rings is 6. The first kappa shape index (κ1) is 28.7. The number of amidine groups is 2. The maximum atomic E-state index is 8.71. The van der Waals surface area contributed by atoms with Crippen molar-refractivity contribution in [1.29, 1.82) is 5.41 Å². The van der Waals surface area contributed by atoms with Gasteiger partial charge in [-0.15, -0.1) is 0 Å². The van der Waals surface area contributed by atoms with Gasteiger partial charge in [0.2, 0.25) is 0 Å². The fourth-order valence-corrected chi connectivity index (χ4v) is 7.32. The molecule has 0 fully saturated rings. The van der Waals surface area contributed by atoms with Gasteiger partial charge in [-0.25, -0.2) is 9.98 Å². The summed E-state index contributed by atoms with van der Waals surface area (Å²) in [5.41, 5.74) is 9.28. The lowest BCUT2D eigenvalue weighted by Crippen LogP contribution is -2.08. The molecule has 0 saturated heterocycles. The van der Waals surface area contributed by atoms with E-state index in [4.69, 9.17) is 15.4 Å². The van der Waals surface area contributed by atoms with Gasteiger partial charge in [0, 0.05) is 43.1 Å². The van der Waals surface area contributed by atoms with Crippen molar-refractivity contribution in [3.05, 3.63) is 173 Å². The number of aromatic nitrogens is 1. The highest BCUT2D eigenvalue weighted by molar-refractivity contribution is 7.99. The summed E-state index contributed by atoms with van der Waals surface area (Å²) in [6.45, 7) is 2.01. The molecular weight excluding hydrogens is 593 g/mol. The van der Waals surface area contributed by atoms with Gasteiger partial charge >= 0.3 is 0 Å². The minimum atomic E-state index is 0.175. The van der Waals surface area contributed by atoms with Crippen molar-refractivity contribution in [3.63, 3.8) is 0 Å². The van der Waals surface area contributed by atoms with E-state index in [0.29, 0.717) is 5.84 Å². The van der Waals surface area contributed by atoms with Gasteiger partial charge in [0.15, 0.2) is 11.7 Å². The standard InChI is InChI=1S/C42H30N4S/c1-28(44-42(32-16-6-3-7-17-32)45-41(43)31-14-4-2-5-15-31)33-18-12-19-34(27-33)46-37-21-10-9-20-35(37)36-26-25-30-24-23-29-13-8-11-22-38(29)47-40(30)39(36)46/h2-27,43H,1H3. The summed E-state index contributed by atoms with van der Waals surface area (Å²) in [6.07, 6.45) is 4.46. The first-order chi connectivity index (χ1) is 23.1. The molecule has 1 N–H and O–H groups in total. The number of nitrogens with zero attached hydrogens (tertiary/aromatic N) is 3. The zero-order valence-corrected chi connectivity index (χ0v) is 26.6. The molecule has 0 spiro atoms. The van der Waals surface area contributed by atoms with Crippen LogP contribution >= 0.6 is 11.8 Å². The van der Waals surface area contributed by atoms with E-state index < -0.39 is 0 Å². The highest BCUT2D eigenvalue weighted by Crippen LogP contribution is 2.45. The van der Waals surface area contributed by atoms with Crippen LogP contribution in [0.1, 0.15) is 34.7 Å². The second kappa shape index (κ2) is 12.2. The number of aliphatic imine (C=N–C) groups is 2. The molecule has 0 aliphatic carbocycles. The minimum Gasteiger partial charge on any atom is -0.308 e. The van der Waals surface area contributed by atoms with Crippen LogP contribution in [0.3, 0.4) is 0 Å². The SMILES string of the molecule is CC(=NC(=NC(=N)c1ccccc1)c1ccccc1)c1cccc(-n2c3ccccc3c3ccc4c(c32)Sc2ccccc2C=C4)c1. The van der Waals surface area contributed by atoms with E-state index in [-0.39, 0.29) is 5.84 Å². The third-order valence-corrected chi connectivity index (χ3v) is 9.71. The van der Waals surface area contributed by atoms with E-state index in [0.717, 1.165) is 33.6 Å². The average molecular weight is 623 g/mol. The molecule has 0 radical (unpaired) electrons. The summed E-state index contributed by atoms with van der Waals surface area (Å²) in [5.74, 6) is 0.681. The average Bonchev–Trinajstić information content (AvgIpc) is 3.34. The fourth-order valence-electron chi connectivity index (χ4n) is 6.15. The Hall–Kier alpha value is -5.78. The van der Waals surface area contributed by atoms with Gasteiger partial charge in [-0.05, 0) is 47.9 Å². The molecule has 4 nitrogen and oxygen atoms in total. The molecular formula is C42H30N4S. The van der Waals surface area contributed by atoms with Gasteiger partial charge < -0.3 is 4.57 Å². The number of hydrogen-bond donors (Lipinski definition) is 1. The first-order valence-electron chi connectivity index (χ1n) is 15.6. The number of fused-ring (bicyclic) bond motifs is 6. The predicted octanol–water partition coefficient (Wildman–Crippen LogP) is 10.7. The molecule has 0 bridgehead atoms. The molecule has 0 atom stereocenters. The number of rotatable bonds is 4. The van der Waals surface area contributed by atoms with Gasteiger partial charge in [0.05, 0.1) is 11.0 Å². The maximum absolute atomic E-state index is 8.71. The van der Waals surface area contributed by atoms with Gasteiger partial charge in [0.1, 0.15) is 0 Å². The third kappa shape index (κ3) is 5.41. The highest BCUT2D eigenvalue weighted by atomic mass is 32.2. The molecule has 0 unspecified atom stereocenters. The molecule has 6 aromatic carbocycles. The Kier molecular flexibility index (Phi) is 7.44. The minimum absolute atomic E-state index is 0.175. The largest absolute Gasteiger partial charge is 0.308 e. The normalized spacial score (nSPS) is 13.0. The maximum Gasteiger partial charge on any atom is 0.161 e. The summed E-state index contributed by atoms with van der Waals surface area (Å²) < 4.78 is 2.40. The monoisotopic (exact) mass is 622 g/mol. The Morgan fingerprint density at radius 3 is 2.11 bits per heavy atom. The van der Waals surface area contributed by atoms with Crippen LogP contribution in [0.25, 0.3) is 39.6 Å². The van der Waals surface area contributed by atoms with E-state index in [9.17, 15) is 0 Å². The molecule has 47 heavy (non-hydrogen) atoms. The Labute approximate surface area is 278 Å². The van der Waals surface area contributed by atoms with Crippen LogP contribution in [0.4, 0.5) is 0 Å². The molecule has 1 aliphatic heterocycles. The lowest BCUT2D eigenvalue weighted by atomic mass is 10.1. The van der Waals surface area contributed by atoms with Crippen LogP contribution in [0.15, 0.2) is 165 Å². The Balaban J connectivity index is 1.28. The van der Waals surface area contributed by atoms with Crippen molar-refractivity contribution in [2.24, 2.45) is 9.98 Å². The van der Waals surface area contributed by atoms with Crippen LogP contribution in [-0.2, 0) is 0 Å². The van der Waals surface area contributed by atoms with Crippen molar-refractivity contribution in [2.45, 2.75) is 16.7 Å². The molecule has 5 heteroatoms. The summed E-state index contributed by atoms with van der Waals surface area (Å²) in [5, 5.41) is 11.2. The van der Waals surface area contributed by atoms with Crippen LogP contribution in [0.2, 0.25) is 0 Å². The van der Waals surface area contributed by atoms with Crippen molar-refractivity contribution in [1.82, 2.24) is 4.57 Å². The Bertz CT molecular complexity index is 2400. The van der Waals surface area contributed by atoms with E-state index in [2.05, 4.69) is 102 Å². The topological polar surface area (TPSA) is 53.5 Å². The van der Waals surface area contributed by atoms with E-state index in [1.54, 1.807) is 0 Å². The zero-order valence-electron chi connectivity index (χ0n) is 25.8. The smallest absolute Gasteiger partial charge is 0.161 e. The number of nitrogens with one attached hydrogen (secondary N) is 1. The lowest BCUT2D eigenvalue weighted by Gasteiger charge is -2.14. The molecule has 8 rings (SSSR count). The van der Waals surface area contributed by atoms with E-state index in [1.807, 2.05) is 79.3 Å². The van der Waals surface area contributed by atoms with Gasteiger partial charge in [-0.3, -0.25) is 5.41 Å². The Morgan fingerprint density at radius 1 is 0.596 bits per heavy atom. The van der Waals surface area contributed by atoms with Crippen molar-refractivity contribution < 1.29 is 0 Å². The summed E-state index contributed by atoms with van der Waals surface area (Å²) >= 11 is 1.83. The van der Waals surface area contributed by atoms with Crippen LogP contribution in [-0.4, -0.2) is 22.0 Å². The molecule has 2 heterocycles. The Morgan fingerprint density at radius 2 is 1.28 bits per heavy atom. The third-order valence-electron chi connectivity index (χ3n) is 8.49. The summed E-state index contributed by atoms with van der Waals surface area (Å²) in [4.78, 5) is 12.2. The second-order valence-electron chi connectivity index (χ2n) is 11.5. The quantitative estimate of drug-likeness (QED) is 0.154. The van der Waals surface area contributed by atoms with Crippen LogP contribution in [0, 0.1) is 5.41 Å². The van der Waals surface area contributed by atoms with Gasteiger partial charge in [0.25, 0.3) is 0 Å². The number of hydrogen-bond acceptors (Lipinski definition) is 2. The van der Waals surface area contributed by atoms with Crippen LogP contribution < -0.4 is 0 Å². The highest BCUT2D eigenvalue weighted by Gasteiger charge is 2.20. The van der Waals surface area contributed by atoms with Gasteiger partial charge in [-0.1, -0.05) is 145 Å². The summed E-state index contributed by atoms with van der Waals surface area (Å²) in [7, 11) is 0. The predicted molar refractivity (Wildman–Crippen MR) is 199 cm³/mol. The molecule has 1 aromatic heterocycles. The second-order valence-corrected chi connectivity index (χ2v) is 12.5. The van der Waals surface area contributed by atoms with Crippen LogP contribution in [0.5, 0.6) is 0 Å². The van der Waals surface area contributed by atoms with Gasteiger partial charge in [-0.2, -0.15) is 0 Å². The first-order valence-corrected chi connectivity index (χ1v) is 16.4. The van der Waals surface area contributed by atoms with E-state index in [1.165, 1.54) is 37.2 Å². The molecule has 224 valence electrons. The molecule has 0 saturated carbocycles. The number of para-hydroxylation sites is 1. The van der Waals surface area contributed by atoms with Crippen molar-refractivity contribution in [3.8, 4) is 5.69 Å². The molecule has 0 amide bonds. The molecule has 7 aromatic rings.